The number of thiazole rings is 1. The highest BCUT2D eigenvalue weighted by Gasteiger charge is 2.03. The van der Waals surface area contributed by atoms with Crippen molar-refractivity contribution in [1.82, 2.24) is 4.98 Å². The van der Waals surface area contributed by atoms with E-state index in [0.29, 0.717) is 6.54 Å². The number of aromatic nitrogens is 1. The number of aryl methyl sites for hydroxylation is 1. The predicted molar refractivity (Wildman–Crippen MR) is 81.5 cm³/mol. The van der Waals surface area contributed by atoms with Gasteiger partial charge >= 0.3 is 0 Å². The molecule has 0 saturated heterocycles. The molecule has 2 aromatic carbocycles. The Morgan fingerprint density at radius 2 is 1.84 bits per heavy atom. The minimum absolute atomic E-state index is 0.598. The molecule has 3 heteroatoms. The lowest BCUT2D eigenvalue weighted by molar-refractivity contribution is 1.06. The smallest absolute Gasteiger partial charge is 0.0907 e. The number of rotatable bonds is 3. The van der Waals surface area contributed by atoms with Gasteiger partial charge in [0.1, 0.15) is 0 Å². The summed E-state index contributed by atoms with van der Waals surface area (Å²) in [5.74, 6) is 0. The van der Waals surface area contributed by atoms with Crippen molar-refractivity contribution in [3.8, 4) is 0 Å². The molecule has 2 nitrogen and oxygen atoms in total. The maximum Gasteiger partial charge on any atom is 0.0907 e. The highest BCUT2D eigenvalue weighted by atomic mass is 32.1. The van der Waals surface area contributed by atoms with Crippen LogP contribution in [0, 0.1) is 6.92 Å². The van der Waals surface area contributed by atoms with Crippen LogP contribution in [0.5, 0.6) is 0 Å². The van der Waals surface area contributed by atoms with Crippen molar-refractivity contribution in [2.45, 2.75) is 19.9 Å². The number of benzene rings is 2. The molecule has 1 aromatic heterocycles. The van der Waals surface area contributed by atoms with E-state index in [4.69, 9.17) is 5.73 Å². The number of nitrogens with two attached hydrogens (primary N) is 1. The van der Waals surface area contributed by atoms with Crippen molar-refractivity contribution in [1.29, 1.82) is 0 Å². The van der Waals surface area contributed by atoms with E-state index in [1.165, 1.54) is 21.4 Å². The summed E-state index contributed by atoms with van der Waals surface area (Å²) < 4.78 is 1.27. The number of fused-ring (bicyclic) bond motifs is 1. The van der Waals surface area contributed by atoms with Gasteiger partial charge in [-0.2, -0.15) is 0 Å². The highest BCUT2D eigenvalue weighted by Crippen LogP contribution is 2.23. The van der Waals surface area contributed by atoms with E-state index in [2.05, 4.69) is 54.4 Å². The quantitative estimate of drug-likeness (QED) is 0.787. The molecule has 0 spiro atoms. The Morgan fingerprint density at radius 1 is 1.05 bits per heavy atom. The topological polar surface area (TPSA) is 38.9 Å². The summed E-state index contributed by atoms with van der Waals surface area (Å²) in [5, 5.41) is 1.12. The van der Waals surface area contributed by atoms with Crippen LogP contribution in [-0.2, 0) is 13.0 Å². The molecule has 2 N–H and O–H groups in total. The van der Waals surface area contributed by atoms with Crippen LogP contribution in [0.15, 0.2) is 42.5 Å². The first-order valence-corrected chi connectivity index (χ1v) is 7.20. The lowest BCUT2D eigenvalue weighted by atomic mass is 10.0. The van der Waals surface area contributed by atoms with Gasteiger partial charge < -0.3 is 5.73 Å². The summed E-state index contributed by atoms with van der Waals surface area (Å²) in [7, 11) is 0. The molecule has 0 aliphatic carbocycles. The molecule has 0 amide bonds. The molecule has 0 radical (unpaired) electrons. The van der Waals surface area contributed by atoms with Gasteiger partial charge in [-0.15, -0.1) is 11.3 Å². The minimum Gasteiger partial charge on any atom is -0.326 e. The van der Waals surface area contributed by atoms with Crippen molar-refractivity contribution < 1.29 is 0 Å². The van der Waals surface area contributed by atoms with Gasteiger partial charge in [0.05, 0.1) is 15.2 Å². The SMILES string of the molecule is Cc1nc2ccc(Cc3cccc(CN)c3)cc2s1. The molecule has 96 valence electrons. The normalized spacial score (nSPS) is 11.1. The van der Waals surface area contributed by atoms with Gasteiger partial charge in [-0.1, -0.05) is 30.3 Å². The van der Waals surface area contributed by atoms with Crippen LogP contribution in [0.4, 0.5) is 0 Å². The zero-order valence-corrected chi connectivity index (χ0v) is 11.7. The van der Waals surface area contributed by atoms with E-state index >= 15 is 0 Å². The van der Waals surface area contributed by atoms with Crippen LogP contribution in [0.1, 0.15) is 21.7 Å². The second-order valence-electron chi connectivity index (χ2n) is 4.74. The van der Waals surface area contributed by atoms with Crippen molar-refractivity contribution in [3.63, 3.8) is 0 Å². The van der Waals surface area contributed by atoms with E-state index in [1.807, 2.05) is 0 Å². The third kappa shape index (κ3) is 2.67. The number of nitrogens with zero attached hydrogens (tertiary/aromatic N) is 1. The average Bonchev–Trinajstić information content (AvgIpc) is 2.78. The largest absolute Gasteiger partial charge is 0.326 e. The second-order valence-corrected chi connectivity index (χ2v) is 5.97. The summed E-state index contributed by atoms with van der Waals surface area (Å²) in [6.45, 7) is 2.65. The zero-order valence-electron chi connectivity index (χ0n) is 10.9. The molecule has 3 aromatic rings. The van der Waals surface area contributed by atoms with Crippen LogP contribution >= 0.6 is 11.3 Å². The second kappa shape index (κ2) is 5.11. The molecule has 0 bridgehead atoms. The molecule has 0 atom stereocenters. The van der Waals surface area contributed by atoms with Crippen molar-refractivity contribution in [2.24, 2.45) is 5.73 Å². The molecule has 0 unspecified atom stereocenters. The first-order chi connectivity index (χ1) is 9.24. The van der Waals surface area contributed by atoms with Crippen LogP contribution in [-0.4, -0.2) is 4.98 Å². The van der Waals surface area contributed by atoms with Gasteiger partial charge in [-0.05, 0) is 42.2 Å². The van der Waals surface area contributed by atoms with Gasteiger partial charge in [0.15, 0.2) is 0 Å². The van der Waals surface area contributed by atoms with Crippen LogP contribution in [0.25, 0.3) is 10.2 Å². The molecule has 0 aliphatic rings. The highest BCUT2D eigenvalue weighted by molar-refractivity contribution is 7.18. The van der Waals surface area contributed by atoms with Gasteiger partial charge in [-0.3, -0.25) is 0 Å². The van der Waals surface area contributed by atoms with Gasteiger partial charge in [0.25, 0.3) is 0 Å². The van der Waals surface area contributed by atoms with E-state index in [1.54, 1.807) is 11.3 Å². The zero-order chi connectivity index (χ0) is 13.2. The summed E-state index contributed by atoms with van der Waals surface area (Å²) in [6.07, 6.45) is 0.945. The Bertz CT molecular complexity index is 716. The fourth-order valence-electron chi connectivity index (χ4n) is 2.30. The van der Waals surface area contributed by atoms with Crippen LogP contribution in [0.3, 0.4) is 0 Å². The third-order valence-corrected chi connectivity index (χ3v) is 4.13. The van der Waals surface area contributed by atoms with E-state index in [9.17, 15) is 0 Å². The maximum absolute atomic E-state index is 5.68. The van der Waals surface area contributed by atoms with Crippen molar-refractivity contribution >= 4 is 21.6 Å². The monoisotopic (exact) mass is 268 g/mol. The van der Waals surface area contributed by atoms with Crippen molar-refractivity contribution in [3.05, 3.63) is 64.2 Å². The minimum atomic E-state index is 0.598. The van der Waals surface area contributed by atoms with E-state index < -0.39 is 0 Å². The van der Waals surface area contributed by atoms with Crippen LogP contribution in [0.2, 0.25) is 0 Å². The molecule has 19 heavy (non-hydrogen) atoms. The van der Waals surface area contributed by atoms with Gasteiger partial charge in [0, 0.05) is 6.54 Å². The fourth-order valence-corrected chi connectivity index (χ4v) is 3.19. The Balaban J connectivity index is 1.91. The standard InChI is InChI=1S/C16H16N2S/c1-11-18-15-6-5-13(9-16(15)19-11)7-12-3-2-4-14(8-12)10-17/h2-6,8-9H,7,10,17H2,1H3. The summed E-state index contributed by atoms with van der Waals surface area (Å²) in [6, 6.07) is 15.0. The van der Waals surface area contributed by atoms with E-state index in [-0.39, 0.29) is 0 Å². The molecule has 0 fully saturated rings. The molecule has 0 saturated carbocycles. The van der Waals surface area contributed by atoms with Gasteiger partial charge in [-0.25, -0.2) is 4.98 Å². The summed E-state index contributed by atoms with van der Waals surface area (Å²) >= 11 is 1.75. The Labute approximate surface area is 116 Å². The van der Waals surface area contributed by atoms with Crippen LogP contribution < -0.4 is 5.73 Å². The Kier molecular flexibility index (Phi) is 3.32. The van der Waals surface area contributed by atoms with Gasteiger partial charge in [0.2, 0.25) is 0 Å². The first kappa shape index (κ1) is 12.3. The molecular formula is C16H16N2S. The summed E-state index contributed by atoms with van der Waals surface area (Å²) in [5.41, 5.74) is 10.6. The number of hydrogen-bond acceptors (Lipinski definition) is 3. The summed E-state index contributed by atoms with van der Waals surface area (Å²) in [4.78, 5) is 4.49. The lowest BCUT2D eigenvalue weighted by Gasteiger charge is -2.04. The maximum atomic E-state index is 5.68. The Morgan fingerprint density at radius 3 is 2.68 bits per heavy atom. The molecular weight excluding hydrogens is 252 g/mol. The molecule has 3 rings (SSSR count). The lowest BCUT2D eigenvalue weighted by Crippen LogP contribution is -1.97. The molecule has 0 aliphatic heterocycles. The molecule has 1 heterocycles. The van der Waals surface area contributed by atoms with E-state index in [0.717, 1.165) is 16.9 Å². The number of hydrogen-bond donors (Lipinski definition) is 1. The fraction of sp³-hybridized carbons (Fsp3) is 0.188. The average molecular weight is 268 g/mol. The van der Waals surface area contributed by atoms with Crippen molar-refractivity contribution in [2.75, 3.05) is 0 Å². The first-order valence-electron chi connectivity index (χ1n) is 6.38. The Hall–Kier alpha value is -1.71. The third-order valence-electron chi connectivity index (χ3n) is 3.20. The predicted octanol–water partition coefficient (Wildman–Crippen LogP) is 3.65.